The lowest BCUT2D eigenvalue weighted by Crippen LogP contribution is -2.65. The minimum atomic E-state index is -0.603. The summed E-state index contributed by atoms with van der Waals surface area (Å²) in [6.07, 6.45) is 4.18. The number of piperidine rings is 1. The molecule has 0 aromatic heterocycles. The predicted molar refractivity (Wildman–Crippen MR) is 82.3 cm³/mol. The van der Waals surface area contributed by atoms with Crippen LogP contribution in [-0.4, -0.2) is 47.0 Å². The lowest BCUT2D eigenvalue weighted by molar-refractivity contribution is -0.0509. The molecule has 2 N–H and O–H groups in total. The first kappa shape index (κ1) is 13.0. The van der Waals surface area contributed by atoms with E-state index in [2.05, 4.69) is 31.0 Å². The molecule has 4 nitrogen and oxygen atoms in total. The Morgan fingerprint density at radius 1 is 1.32 bits per heavy atom. The Hall–Kier alpha value is -1.52. The summed E-state index contributed by atoms with van der Waals surface area (Å²) in [6, 6.07) is 4.22. The van der Waals surface area contributed by atoms with Gasteiger partial charge in [-0.15, -0.1) is 0 Å². The van der Waals surface area contributed by atoms with E-state index in [0.717, 1.165) is 13.0 Å². The number of likely N-dealkylation sites (tertiary alicyclic amines) is 1. The van der Waals surface area contributed by atoms with Crippen molar-refractivity contribution >= 4 is 0 Å². The number of aromatic hydroxyl groups is 1. The number of rotatable bonds is 0. The van der Waals surface area contributed by atoms with Crippen molar-refractivity contribution in [2.45, 2.75) is 42.9 Å². The van der Waals surface area contributed by atoms with E-state index in [-0.39, 0.29) is 17.3 Å². The van der Waals surface area contributed by atoms with Gasteiger partial charge in [-0.05, 0) is 37.6 Å². The third-order valence-electron chi connectivity index (χ3n) is 6.57. The molecule has 4 aliphatic rings. The van der Waals surface area contributed by atoms with Crippen LogP contribution in [0.5, 0.6) is 11.5 Å². The highest BCUT2D eigenvalue weighted by Crippen LogP contribution is 2.64. The first-order chi connectivity index (χ1) is 10.6. The third-order valence-corrected chi connectivity index (χ3v) is 6.57. The summed E-state index contributed by atoms with van der Waals surface area (Å²) < 4.78 is 6.14. The van der Waals surface area contributed by atoms with Crippen LogP contribution in [0.4, 0.5) is 0 Å². The summed E-state index contributed by atoms with van der Waals surface area (Å²) >= 11 is 0. The molecule has 0 amide bonds. The molecule has 1 unspecified atom stereocenters. The summed E-state index contributed by atoms with van der Waals surface area (Å²) in [7, 11) is 2.20. The van der Waals surface area contributed by atoms with Crippen LogP contribution in [0.1, 0.15) is 30.4 Å². The molecule has 2 heterocycles. The first-order valence-electron chi connectivity index (χ1n) is 8.15. The summed E-state index contributed by atoms with van der Waals surface area (Å²) in [6.45, 7) is 3.27. The molecule has 6 atom stereocenters. The highest BCUT2D eigenvalue weighted by molar-refractivity contribution is 5.62. The van der Waals surface area contributed by atoms with Gasteiger partial charge in [0.1, 0.15) is 12.2 Å². The number of phenolic OH excluding ortho intramolecular Hbond substituents is 1. The van der Waals surface area contributed by atoms with Crippen molar-refractivity contribution in [2.24, 2.45) is 5.92 Å². The maximum atomic E-state index is 10.5. The first-order valence-corrected chi connectivity index (χ1v) is 8.15. The normalized spacial score (nSPS) is 44.6. The van der Waals surface area contributed by atoms with Gasteiger partial charge in [0.25, 0.3) is 0 Å². The number of benzene rings is 1. The molecule has 1 spiro atoms. The second-order valence-electron chi connectivity index (χ2n) is 7.37. The average molecular weight is 299 g/mol. The zero-order valence-corrected chi connectivity index (χ0v) is 12.9. The molecule has 1 aromatic carbocycles. The highest BCUT2D eigenvalue weighted by Gasteiger charge is 2.65. The van der Waals surface area contributed by atoms with Gasteiger partial charge >= 0.3 is 0 Å². The molecular formula is C18H21NO3. The molecular weight excluding hydrogens is 278 g/mol. The third kappa shape index (κ3) is 1.20. The van der Waals surface area contributed by atoms with Crippen LogP contribution in [0, 0.1) is 5.92 Å². The van der Waals surface area contributed by atoms with Crippen LogP contribution >= 0.6 is 0 Å². The zero-order chi connectivity index (χ0) is 15.2. The predicted octanol–water partition coefficient (Wildman–Crippen LogP) is 1.76. The fourth-order valence-electron chi connectivity index (χ4n) is 5.69. The number of hydrogen-bond acceptors (Lipinski definition) is 4. The number of ether oxygens (including phenoxy) is 1. The van der Waals surface area contributed by atoms with E-state index in [1.165, 1.54) is 11.1 Å². The van der Waals surface area contributed by atoms with Crippen LogP contribution in [-0.2, 0) is 5.41 Å². The lowest BCUT2D eigenvalue weighted by Gasteiger charge is -2.58. The van der Waals surface area contributed by atoms with Gasteiger partial charge in [0, 0.05) is 22.9 Å². The maximum absolute atomic E-state index is 10.5. The van der Waals surface area contributed by atoms with Gasteiger partial charge in [0.05, 0.1) is 0 Å². The second-order valence-corrected chi connectivity index (χ2v) is 7.37. The van der Waals surface area contributed by atoms with E-state index < -0.39 is 6.10 Å². The van der Waals surface area contributed by atoms with Gasteiger partial charge in [-0.3, -0.25) is 0 Å². The smallest absolute Gasteiger partial charge is 0.165 e. The van der Waals surface area contributed by atoms with E-state index in [4.69, 9.17) is 4.74 Å². The van der Waals surface area contributed by atoms with E-state index >= 15 is 0 Å². The molecule has 0 radical (unpaired) electrons. The Labute approximate surface area is 130 Å². The number of hydrogen-bond donors (Lipinski definition) is 2. The van der Waals surface area contributed by atoms with Crippen LogP contribution in [0.15, 0.2) is 24.3 Å². The molecule has 116 valence electrons. The van der Waals surface area contributed by atoms with Crippen LogP contribution < -0.4 is 4.74 Å². The summed E-state index contributed by atoms with van der Waals surface area (Å²) in [5.41, 5.74) is 2.27. The Bertz CT molecular complexity index is 700. The van der Waals surface area contributed by atoms with Crippen LogP contribution in [0.3, 0.4) is 0 Å². The molecule has 4 heteroatoms. The van der Waals surface area contributed by atoms with E-state index in [1.807, 2.05) is 6.08 Å². The SMILES string of the molecule is CC1c2ccc(O)c3c2[C@]24CCN(C)[C@H]1[C@@H]2C=C[C@H](O)[C@@H]4O3. The van der Waals surface area contributed by atoms with Crippen molar-refractivity contribution in [3.8, 4) is 11.5 Å². The van der Waals surface area contributed by atoms with Gasteiger partial charge in [0.2, 0.25) is 0 Å². The van der Waals surface area contributed by atoms with E-state index in [1.54, 1.807) is 6.07 Å². The molecule has 0 saturated carbocycles. The Balaban J connectivity index is 1.87. The van der Waals surface area contributed by atoms with Gasteiger partial charge in [-0.2, -0.15) is 0 Å². The summed E-state index contributed by atoms with van der Waals surface area (Å²) in [4.78, 5) is 2.45. The number of aliphatic hydroxyl groups excluding tert-OH is 1. The van der Waals surface area contributed by atoms with Crippen molar-refractivity contribution in [2.75, 3.05) is 13.6 Å². The van der Waals surface area contributed by atoms with Crippen LogP contribution in [0.2, 0.25) is 0 Å². The fourth-order valence-corrected chi connectivity index (χ4v) is 5.69. The monoisotopic (exact) mass is 299 g/mol. The molecule has 22 heavy (non-hydrogen) atoms. The van der Waals surface area contributed by atoms with Crippen molar-refractivity contribution in [1.29, 1.82) is 0 Å². The lowest BCUT2D eigenvalue weighted by atomic mass is 9.51. The Kier molecular flexibility index (Phi) is 2.28. The minimum absolute atomic E-state index is 0.179. The number of aliphatic hydroxyl groups is 1. The molecule has 1 fully saturated rings. The fraction of sp³-hybridized carbons (Fsp3) is 0.556. The van der Waals surface area contributed by atoms with Gasteiger partial charge in [-0.1, -0.05) is 25.1 Å². The molecule has 2 aliphatic carbocycles. The van der Waals surface area contributed by atoms with Crippen molar-refractivity contribution < 1.29 is 14.9 Å². The van der Waals surface area contributed by atoms with Gasteiger partial charge < -0.3 is 19.8 Å². The Morgan fingerprint density at radius 2 is 2.14 bits per heavy atom. The number of phenols is 1. The average Bonchev–Trinajstić information content (AvgIpc) is 2.85. The molecule has 2 aliphatic heterocycles. The van der Waals surface area contributed by atoms with E-state index in [0.29, 0.717) is 23.6 Å². The topological polar surface area (TPSA) is 52.9 Å². The quantitative estimate of drug-likeness (QED) is 0.717. The Morgan fingerprint density at radius 3 is 2.95 bits per heavy atom. The highest BCUT2D eigenvalue weighted by atomic mass is 16.5. The largest absolute Gasteiger partial charge is 0.504 e. The van der Waals surface area contributed by atoms with Crippen LogP contribution in [0.25, 0.3) is 0 Å². The second kappa shape index (κ2) is 3.87. The van der Waals surface area contributed by atoms with Crippen molar-refractivity contribution in [1.82, 2.24) is 4.90 Å². The minimum Gasteiger partial charge on any atom is -0.504 e. The number of nitrogens with zero attached hydrogens (tertiary/aromatic N) is 1. The van der Waals surface area contributed by atoms with Gasteiger partial charge in [-0.25, -0.2) is 0 Å². The molecule has 2 bridgehead atoms. The van der Waals surface area contributed by atoms with Gasteiger partial charge in [0.15, 0.2) is 11.5 Å². The molecule has 1 saturated heterocycles. The molecule has 5 rings (SSSR count). The number of likely N-dealkylation sites (N-methyl/N-ethyl adjacent to an activating group) is 1. The molecule has 1 aromatic rings. The summed E-state index contributed by atoms with van der Waals surface area (Å²) in [5.74, 6) is 1.55. The zero-order valence-electron chi connectivity index (χ0n) is 12.9. The summed E-state index contributed by atoms with van der Waals surface area (Å²) in [5, 5.41) is 20.8. The van der Waals surface area contributed by atoms with Crippen molar-refractivity contribution in [3.05, 3.63) is 35.4 Å². The standard InChI is InChI=1S/C18H21NO3/c1-9-10-3-5-12(20)16-14(10)18-7-8-19(2)15(9)11(18)4-6-13(21)17(18)22-16/h3-6,9,11,13,15,17,20-21H,7-8H2,1-2H3/t9?,11-,13-,15+,17-,18-/m0/s1. The maximum Gasteiger partial charge on any atom is 0.165 e. The van der Waals surface area contributed by atoms with E-state index in [9.17, 15) is 10.2 Å². The van der Waals surface area contributed by atoms with Crippen molar-refractivity contribution in [3.63, 3.8) is 0 Å².